The van der Waals surface area contributed by atoms with Gasteiger partial charge in [0.2, 0.25) is 0 Å². The Kier molecular flexibility index (Phi) is 2.23. The number of rotatable bonds is 2. The molecule has 0 aliphatic carbocycles. The number of hydrogen-bond acceptors (Lipinski definition) is 0. The number of aryl methyl sites for hydroxylation is 1. The number of alkyl halides is 1. The van der Waals surface area contributed by atoms with Gasteiger partial charge >= 0.3 is 0 Å². The highest BCUT2D eigenvalue weighted by Crippen LogP contribution is 2.20. The van der Waals surface area contributed by atoms with Gasteiger partial charge < -0.3 is 4.57 Å². The van der Waals surface area contributed by atoms with E-state index in [0.717, 1.165) is 10.9 Å². The van der Waals surface area contributed by atoms with E-state index < -0.39 is 0 Å². The fourth-order valence-corrected chi connectivity index (χ4v) is 1.61. The first-order chi connectivity index (χ1) is 6.31. The third-order valence-corrected chi connectivity index (χ3v) is 2.30. The van der Waals surface area contributed by atoms with Crippen molar-refractivity contribution in [1.82, 2.24) is 4.57 Å². The van der Waals surface area contributed by atoms with E-state index in [4.69, 9.17) is 11.6 Å². The molecule has 68 valence electrons. The van der Waals surface area contributed by atoms with E-state index in [1.165, 1.54) is 0 Å². The van der Waals surface area contributed by atoms with Crippen molar-refractivity contribution in [3.05, 3.63) is 35.5 Å². The van der Waals surface area contributed by atoms with E-state index in [0.29, 0.717) is 11.6 Å². The monoisotopic (exact) mass is 197 g/mol. The lowest BCUT2D eigenvalue weighted by Gasteiger charge is -2.01. The van der Waals surface area contributed by atoms with E-state index >= 15 is 0 Å². The van der Waals surface area contributed by atoms with Gasteiger partial charge in [-0.2, -0.15) is 0 Å². The van der Waals surface area contributed by atoms with Crippen LogP contribution in [0.5, 0.6) is 0 Å². The molecule has 13 heavy (non-hydrogen) atoms. The van der Waals surface area contributed by atoms with Crippen LogP contribution in [0.3, 0.4) is 0 Å². The zero-order valence-electron chi connectivity index (χ0n) is 7.00. The van der Waals surface area contributed by atoms with Crippen molar-refractivity contribution in [1.29, 1.82) is 0 Å². The average molecular weight is 198 g/mol. The molecule has 0 saturated heterocycles. The molecule has 0 fully saturated rings. The third kappa shape index (κ3) is 1.54. The molecule has 0 N–H and O–H groups in total. The van der Waals surface area contributed by atoms with E-state index in [2.05, 4.69) is 0 Å². The summed E-state index contributed by atoms with van der Waals surface area (Å²) >= 11 is 5.84. The Balaban J connectivity index is 2.58. The predicted molar refractivity (Wildman–Crippen MR) is 52.9 cm³/mol. The quantitative estimate of drug-likeness (QED) is 0.697. The smallest absolute Gasteiger partial charge is 0.107 e. The number of nitrogens with zero attached hydrogens (tertiary/aromatic N) is 1. The molecule has 0 saturated carbocycles. The molecule has 0 bridgehead atoms. The average Bonchev–Trinajstić information content (AvgIpc) is 2.49. The maximum Gasteiger partial charge on any atom is 0.107 e. The molecule has 0 aliphatic rings. The highest BCUT2D eigenvalue weighted by molar-refractivity contribution is 6.31. The van der Waals surface area contributed by atoms with E-state index in [-0.39, 0.29) is 6.67 Å². The summed E-state index contributed by atoms with van der Waals surface area (Å²) in [5.41, 5.74) is 0.991. The highest BCUT2D eigenvalue weighted by Gasteiger charge is 2.00. The van der Waals surface area contributed by atoms with Crippen LogP contribution in [-0.2, 0) is 6.54 Å². The zero-order valence-corrected chi connectivity index (χ0v) is 7.76. The highest BCUT2D eigenvalue weighted by atomic mass is 35.5. The summed E-state index contributed by atoms with van der Waals surface area (Å²) in [7, 11) is 0. The molecule has 1 heterocycles. The minimum Gasteiger partial charge on any atom is -0.345 e. The van der Waals surface area contributed by atoms with Gasteiger partial charge in [0.1, 0.15) is 6.67 Å². The van der Waals surface area contributed by atoms with E-state index in [9.17, 15) is 4.39 Å². The summed E-state index contributed by atoms with van der Waals surface area (Å²) in [4.78, 5) is 0. The molecule has 0 radical (unpaired) electrons. The first-order valence-corrected chi connectivity index (χ1v) is 4.49. The molecule has 0 spiro atoms. The predicted octanol–water partition coefficient (Wildman–Crippen LogP) is 3.26. The van der Waals surface area contributed by atoms with Crippen LogP contribution in [0, 0.1) is 0 Å². The minimum absolute atomic E-state index is 0.351. The second-order valence-electron chi connectivity index (χ2n) is 2.90. The molecule has 0 aliphatic heterocycles. The summed E-state index contributed by atoms with van der Waals surface area (Å²) < 4.78 is 14.0. The van der Waals surface area contributed by atoms with Crippen LogP contribution in [-0.4, -0.2) is 11.2 Å². The number of aromatic nitrogens is 1. The summed E-state index contributed by atoms with van der Waals surface area (Å²) in [6.07, 6.45) is 1.88. The van der Waals surface area contributed by atoms with Gasteiger partial charge in [0.05, 0.1) is 6.54 Å². The van der Waals surface area contributed by atoms with Crippen LogP contribution in [0.25, 0.3) is 10.9 Å². The van der Waals surface area contributed by atoms with E-state index in [1.807, 2.05) is 35.0 Å². The molecule has 0 atom stereocenters. The summed E-state index contributed by atoms with van der Waals surface area (Å²) in [6.45, 7) is 0.0418. The van der Waals surface area contributed by atoms with Gasteiger partial charge in [-0.1, -0.05) is 17.7 Å². The standard InChI is InChI=1S/C10H9ClFN/c11-9-2-1-8-3-5-13(6-4-12)10(8)7-9/h1-3,5,7H,4,6H2. The van der Waals surface area contributed by atoms with Crippen LogP contribution >= 0.6 is 11.6 Å². The van der Waals surface area contributed by atoms with Crippen LogP contribution in [0.2, 0.25) is 5.02 Å². The van der Waals surface area contributed by atoms with Gasteiger partial charge in [-0.3, -0.25) is 0 Å². The van der Waals surface area contributed by atoms with Crippen molar-refractivity contribution >= 4 is 22.5 Å². The van der Waals surface area contributed by atoms with E-state index in [1.54, 1.807) is 0 Å². The molecular formula is C10H9ClFN. The minimum atomic E-state index is -0.351. The molecular weight excluding hydrogens is 189 g/mol. The first kappa shape index (κ1) is 8.57. The van der Waals surface area contributed by atoms with Gasteiger partial charge in [0.25, 0.3) is 0 Å². The summed E-state index contributed by atoms with van der Waals surface area (Å²) in [5.74, 6) is 0. The van der Waals surface area contributed by atoms with Gasteiger partial charge in [0.15, 0.2) is 0 Å². The van der Waals surface area contributed by atoms with Crippen molar-refractivity contribution in [2.75, 3.05) is 6.67 Å². The number of hydrogen-bond donors (Lipinski definition) is 0. The Morgan fingerprint density at radius 2 is 2.15 bits per heavy atom. The molecule has 0 amide bonds. The lowest BCUT2D eigenvalue weighted by atomic mass is 10.2. The molecule has 3 heteroatoms. The lowest BCUT2D eigenvalue weighted by molar-refractivity contribution is 0.451. The summed E-state index contributed by atoms with van der Waals surface area (Å²) in [5, 5.41) is 1.78. The number of halogens is 2. The maximum atomic E-state index is 12.1. The zero-order chi connectivity index (χ0) is 9.26. The van der Waals surface area contributed by atoms with Crippen LogP contribution in [0.4, 0.5) is 4.39 Å². The van der Waals surface area contributed by atoms with Crippen molar-refractivity contribution in [2.45, 2.75) is 6.54 Å². The van der Waals surface area contributed by atoms with Crippen LogP contribution in [0.1, 0.15) is 0 Å². The van der Waals surface area contributed by atoms with Gasteiger partial charge in [0, 0.05) is 16.7 Å². The van der Waals surface area contributed by atoms with Crippen molar-refractivity contribution in [3.63, 3.8) is 0 Å². The lowest BCUT2D eigenvalue weighted by Crippen LogP contribution is -1.96. The van der Waals surface area contributed by atoms with Crippen molar-refractivity contribution in [3.8, 4) is 0 Å². The second-order valence-corrected chi connectivity index (χ2v) is 3.34. The Hall–Kier alpha value is -1.02. The molecule has 1 nitrogen and oxygen atoms in total. The topological polar surface area (TPSA) is 4.93 Å². The first-order valence-electron chi connectivity index (χ1n) is 4.11. The van der Waals surface area contributed by atoms with Crippen LogP contribution in [0.15, 0.2) is 30.5 Å². The maximum absolute atomic E-state index is 12.1. The largest absolute Gasteiger partial charge is 0.345 e. The number of benzene rings is 1. The third-order valence-electron chi connectivity index (χ3n) is 2.06. The molecule has 0 unspecified atom stereocenters. The van der Waals surface area contributed by atoms with Crippen LogP contribution < -0.4 is 0 Å². The van der Waals surface area contributed by atoms with Crippen molar-refractivity contribution < 1.29 is 4.39 Å². The SMILES string of the molecule is FCCn1ccc2ccc(Cl)cc21. The number of fused-ring (bicyclic) bond motifs is 1. The second kappa shape index (κ2) is 3.38. The Morgan fingerprint density at radius 3 is 2.92 bits per heavy atom. The fraction of sp³-hybridized carbons (Fsp3) is 0.200. The molecule has 1 aromatic heterocycles. The molecule has 1 aromatic carbocycles. The Morgan fingerprint density at radius 1 is 1.31 bits per heavy atom. The Labute approximate surface area is 80.7 Å². The molecule has 2 rings (SSSR count). The van der Waals surface area contributed by atoms with Gasteiger partial charge in [-0.05, 0) is 23.6 Å². The van der Waals surface area contributed by atoms with Gasteiger partial charge in [-0.15, -0.1) is 0 Å². The van der Waals surface area contributed by atoms with Crippen molar-refractivity contribution in [2.24, 2.45) is 0 Å². The Bertz CT molecular complexity index is 422. The van der Waals surface area contributed by atoms with Gasteiger partial charge in [-0.25, -0.2) is 4.39 Å². The fourth-order valence-electron chi connectivity index (χ4n) is 1.44. The summed E-state index contributed by atoms with van der Waals surface area (Å²) in [6, 6.07) is 7.59. The normalized spacial score (nSPS) is 10.9. The molecule has 2 aromatic rings.